The van der Waals surface area contributed by atoms with Gasteiger partial charge in [-0.2, -0.15) is 0 Å². The average molecular weight is 325 g/mol. The Labute approximate surface area is 140 Å². The Bertz CT molecular complexity index is 856. The molecule has 0 fully saturated rings. The van der Waals surface area contributed by atoms with Crippen molar-refractivity contribution in [2.75, 3.05) is 6.61 Å². The second kappa shape index (κ2) is 6.38. The number of nitrogens with zero attached hydrogens (tertiary/aromatic N) is 2. The Morgan fingerprint density at radius 1 is 1.26 bits per heavy atom. The number of pyridine rings is 1. The molecule has 118 valence electrons. The van der Waals surface area contributed by atoms with Crippen molar-refractivity contribution in [3.8, 4) is 17.0 Å². The Kier molecular flexibility index (Phi) is 4.30. The van der Waals surface area contributed by atoms with Crippen LogP contribution in [-0.4, -0.2) is 21.0 Å². The lowest BCUT2D eigenvalue weighted by Gasteiger charge is -2.14. The van der Waals surface area contributed by atoms with Crippen LogP contribution < -0.4 is 10.5 Å². The van der Waals surface area contributed by atoms with Crippen molar-refractivity contribution in [3.05, 3.63) is 54.4 Å². The third-order valence-electron chi connectivity index (χ3n) is 3.85. The summed E-state index contributed by atoms with van der Waals surface area (Å²) in [7, 11) is 0. The van der Waals surface area contributed by atoms with E-state index in [1.54, 1.807) is 0 Å². The first kappa shape index (κ1) is 15.5. The first-order chi connectivity index (χ1) is 11.1. The first-order valence-corrected chi connectivity index (χ1v) is 8.02. The SMILES string of the molecule is CCOc1ccccc1-c1nc2ccccn2c1C(C)C(N)=S. The highest BCUT2D eigenvalue weighted by atomic mass is 32.1. The number of ether oxygens (including phenoxy) is 1. The molecule has 1 unspecified atom stereocenters. The lowest BCUT2D eigenvalue weighted by Crippen LogP contribution is -2.18. The van der Waals surface area contributed by atoms with E-state index in [1.165, 1.54) is 0 Å². The monoisotopic (exact) mass is 325 g/mol. The molecule has 0 aliphatic heterocycles. The van der Waals surface area contributed by atoms with Gasteiger partial charge in [-0.1, -0.05) is 37.3 Å². The van der Waals surface area contributed by atoms with Gasteiger partial charge in [0.25, 0.3) is 0 Å². The summed E-state index contributed by atoms with van der Waals surface area (Å²) < 4.78 is 7.81. The Morgan fingerprint density at radius 3 is 2.74 bits per heavy atom. The predicted molar refractivity (Wildman–Crippen MR) is 97.0 cm³/mol. The van der Waals surface area contributed by atoms with Crippen LogP contribution in [0.3, 0.4) is 0 Å². The maximum atomic E-state index is 5.92. The molecule has 1 atom stereocenters. The van der Waals surface area contributed by atoms with Gasteiger partial charge >= 0.3 is 0 Å². The Balaban J connectivity index is 2.29. The van der Waals surface area contributed by atoms with Crippen molar-refractivity contribution < 1.29 is 4.74 Å². The molecule has 2 N–H and O–H groups in total. The van der Waals surface area contributed by atoms with Gasteiger partial charge in [-0.25, -0.2) is 4.98 Å². The van der Waals surface area contributed by atoms with E-state index in [1.807, 2.05) is 66.9 Å². The molecule has 3 aromatic rings. The van der Waals surface area contributed by atoms with Crippen molar-refractivity contribution in [1.29, 1.82) is 0 Å². The topological polar surface area (TPSA) is 52.5 Å². The zero-order valence-electron chi connectivity index (χ0n) is 13.2. The van der Waals surface area contributed by atoms with E-state index in [0.29, 0.717) is 11.6 Å². The number of para-hydroxylation sites is 1. The number of nitrogens with two attached hydrogens (primary N) is 1. The number of fused-ring (bicyclic) bond motifs is 1. The van der Waals surface area contributed by atoms with Crippen LogP contribution in [0.5, 0.6) is 5.75 Å². The third kappa shape index (κ3) is 2.80. The third-order valence-corrected chi connectivity index (χ3v) is 4.20. The zero-order chi connectivity index (χ0) is 16.4. The molecule has 3 rings (SSSR count). The number of benzene rings is 1. The summed E-state index contributed by atoms with van der Waals surface area (Å²) in [4.78, 5) is 5.25. The van der Waals surface area contributed by atoms with Crippen molar-refractivity contribution in [3.63, 3.8) is 0 Å². The molecule has 0 amide bonds. The van der Waals surface area contributed by atoms with Crippen LogP contribution in [0.15, 0.2) is 48.7 Å². The lowest BCUT2D eigenvalue weighted by molar-refractivity contribution is 0.341. The van der Waals surface area contributed by atoms with E-state index in [-0.39, 0.29) is 5.92 Å². The second-order valence-corrected chi connectivity index (χ2v) is 5.80. The normalized spacial score (nSPS) is 12.3. The summed E-state index contributed by atoms with van der Waals surface area (Å²) in [5.41, 5.74) is 9.59. The second-order valence-electron chi connectivity index (χ2n) is 5.33. The fourth-order valence-corrected chi connectivity index (χ4v) is 2.82. The molecule has 4 nitrogen and oxygen atoms in total. The van der Waals surface area contributed by atoms with Gasteiger partial charge in [-0.3, -0.25) is 0 Å². The minimum atomic E-state index is -0.0907. The summed E-state index contributed by atoms with van der Waals surface area (Å²) in [5, 5.41) is 0. The Hall–Kier alpha value is -2.40. The maximum Gasteiger partial charge on any atom is 0.137 e. The molecule has 0 saturated carbocycles. The number of imidazole rings is 1. The maximum absolute atomic E-state index is 5.92. The predicted octanol–water partition coefficient (Wildman–Crippen LogP) is 3.79. The van der Waals surface area contributed by atoms with Crippen LogP contribution in [0.25, 0.3) is 16.9 Å². The zero-order valence-corrected chi connectivity index (χ0v) is 14.0. The van der Waals surface area contributed by atoms with Gasteiger partial charge in [0.15, 0.2) is 0 Å². The van der Waals surface area contributed by atoms with E-state index >= 15 is 0 Å². The van der Waals surface area contributed by atoms with E-state index < -0.39 is 0 Å². The summed E-state index contributed by atoms with van der Waals surface area (Å²) in [5.74, 6) is 0.724. The molecule has 0 spiro atoms. The van der Waals surface area contributed by atoms with Gasteiger partial charge < -0.3 is 14.9 Å². The van der Waals surface area contributed by atoms with Crippen LogP contribution in [0.4, 0.5) is 0 Å². The molecule has 1 aromatic carbocycles. The molecule has 0 bridgehead atoms. The molecule has 2 heterocycles. The highest BCUT2D eigenvalue weighted by molar-refractivity contribution is 7.80. The molecular formula is C18H19N3OS. The van der Waals surface area contributed by atoms with Crippen molar-refractivity contribution in [1.82, 2.24) is 9.38 Å². The van der Waals surface area contributed by atoms with Gasteiger partial charge in [0.1, 0.15) is 11.4 Å². The number of aromatic nitrogens is 2. The van der Waals surface area contributed by atoms with Crippen molar-refractivity contribution in [2.24, 2.45) is 5.73 Å². The van der Waals surface area contributed by atoms with Gasteiger partial charge in [0, 0.05) is 17.7 Å². The van der Waals surface area contributed by atoms with E-state index in [0.717, 1.165) is 28.3 Å². The van der Waals surface area contributed by atoms with Gasteiger partial charge in [0.2, 0.25) is 0 Å². The smallest absolute Gasteiger partial charge is 0.137 e. The minimum Gasteiger partial charge on any atom is -0.493 e. The van der Waals surface area contributed by atoms with Crippen LogP contribution in [0.2, 0.25) is 0 Å². The van der Waals surface area contributed by atoms with Gasteiger partial charge in [-0.05, 0) is 31.2 Å². The first-order valence-electron chi connectivity index (χ1n) is 7.62. The number of hydrogen-bond acceptors (Lipinski definition) is 3. The molecular weight excluding hydrogens is 306 g/mol. The van der Waals surface area contributed by atoms with Crippen LogP contribution >= 0.6 is 12.2 Å². The molecule has 2 aromatic heterocycles. The van der Waals surface area contributed by atoms with E-state index in [4.69, 9.17) is 27.7 Å². The Morgan fingerprint density at radius 2 is 2.00 bits per heavy atom. The number of hydrogen-bond donors (Lipinski definition) is 1. The fourth-order valence-electron chi connectivity index (χ4n) is 2.71. The molecule has 0 radical (unpaired) electrons. The molecule has 5 heteroatoms. The number of thiocarbonyl (C=S) groups is 1. The molecule has 0 aliphatic carbocycles. The summed E-state index contributed by atoms with van der Waals surface area (Å²) in [6.45, 7) is 4.58. The van der Waals surface area contributed by atoms with Crippen LogP contribution in [-0.2, 0) is 0 Å². The van der Waals surface area contributed by atoms with Gasteiger partial charge in [-0.15, -0.1) is 0 Å². The van der Waals surface area contributed by atoms with E-state index in [2.05, 4.69) is 0 Å². The summed E-state index contributed by atoms with van der Waals surface area (Å²) >= 11 is 5.23. The molecule has 0 saturated heterocycles. The molecule has 0 aliphatic rings. The lowest BCUT2D eigenvalue weighted by atomic mass is 10.0. The standard InChI is InChI=1S/C18H19N3OS/c1-3-22-14-9-5-4-8-13(14)16-17(12(2)18(19)23)21-11-7-6-10-15(21)20-16/h4-12H,3H2,1-2H3,(H2,19,23). The highest BCUT2D eigenvalue weighted by Gasteiger charge is 2.22. The fraction of sp³-hybridized carbons (Fsp3) is 0.222. The van der Waals surface area contributed by atoms with Crippen molar-refractivity contribution >= 4 is 22.9 Å². The largest absolute Gasteiger partial charge is 0.493 e. The van der Waals surface area contributed by atoms with Crippen molar-refractivity contribution in [2.45, 2.75) is 19.8 Å². The molecule has 23 heavy (non-hydrogen) atoms. The summed E-state index contributed by atoms with van der Waals surface area (Å²) in [6, 6.07) is 13.8. The van der Waals surface area contributed by atoms with Crippen LogP contribution in [0, 0.1) is 0 Å². The summed E-state index contributed by atoms with van der Waals surface area (Å²) in [6.07, 6.45) is 1.99. The van der Waals surface area contributed by atoms with Gasteiger partial charge in [0.05, 0.1) is 23.0 Å². The average Bonchev–Trinajstić information content (AvgIpc) is 2.94. The highest BCUT2D eigenvalue weighted by Crippen LogP contribution is 2.35. The minimum absolute atomic E-state index is 0.0907. The quantitative estimate of drug-likeness (QED) is 0.725. The van der Waals surface area contributed by atoms with E-state index in [9.17, 15) is 0 Å². The van der Waals surface area contributed by atoms with Crippen LogP contribution in [0.1, 0.15) is 25.5 Å². The number of rotatable bonds is 5.